The van der Waals surface area contributed by atoms with Crippen LogP contribution in [0.1, 0.15) is 10.4 Å². The molecule has 0 spiro atoms. The maximum absolute atomic E-state index is 11.5. The Hall–Kier alpha value is -2.47. The second-order valence-electron chi connectivity index (χ2n) is 4.21. The molecule has 6 heteroatoms. The monoisotopic (exact) mass is 301 g/mol. The van der Waals surface area contributed by atoms with E-state index >= 15 is 0 Å². The van der Waals surface area contributed by atoms with E-state index in [1.807, 2.05) is 47.8 Å². The Balaban J connectivity index is 1.69. The standard InChI is InChI=1S/C15H15N3O2S/c19-14(16-9-8-12-5-2-1-3-6-12)15(20)18-17-11-13-7-4-10-21-13/h1-7,10-11H,8-9H2,(H,16,19)(H,18,20). The third kappa shape index (κ3) is 5.19. The maximum Gasteiger partial charge on any atom is 0.329 e. The minimum atomic E-state index is -0.768. The van der Waals surface area contributed by atoms with Gasteiger partial charge < -0.3 is 5.32 Å². The number of rotatable bonds is 5. The van der Waals surface area contributed by atoms with Crippen molar-refractivity contribution in [1.29, 1.82) is 0 Å². The molecule has 0 unspecified atom stereocenters. The molecule has 108 valence electrons. The molecule has 0 atom stereocenters. The van der Waals surface area contributed by atoms with Crippen LogP contribution in [0, 0.1) is 0 Å². The van der Waals surface area contributed by atoms with E-state index in [1.165, 1.54) is 17.6 Å². The summed E-state index contributed by atoms with van der Waals surface area (Å²) in [4.78, 5) is 23.9. The van der Waals surface area contributed by atoms with Crippen LogP contribution in [-0.2, 0) is 16.0 Å². The van der Waals surface area contributed by atoms with Crippen LogP contribution in [0.15, 0.2) is 52.9 Å². The molecule has 0 aliphatic heterocycles. The second kappa shape index (κ2) is 7.96. The van der Waals surface area contributed by atoms with Crippen LogP contribution in [0.25, 0.3) is 0 Å². The zero-order chi connectivity index (χ0) is 14.9. The first-order chi connectivity index (χ1) is 10.3. The summed E-state index contributed by atoms with van der Waals surface area (Å²) in [6, 6.07) is 13.5. The highest BCUT2D eigenvalue weighted by molar-refractivity contribution is 7.11. The summed E-state index contributed by atoms with van der Waals surface area (Å²) in [5.41, 5.74) is 3.30. The number of hydrogen-bond donors (Lipinski definition) is 2. The third-order valence-electron chi connectivity index (χ3n) is 2.65. The number of carbonyl (C=O) groups excluding carboxylic acids is 2. The second-order valence-corrected chi connectivity index (χ2v) is 5.19. The number of amides is 2. The fourth-order valence-electron chi connectivity index (χ4n) is 1.62. The molecule has 0 fully saturated rings. The van der Waals surface area contributed by atoms with Crippen molar-refractivity contribution in [3.05, 3.63) is 58.3 Å². The van der Waals surface area contributed by atoms with Gasteiger partial charge in [0.2, 0.25) is 0 Å². The van der Waals surface area contributed by atoms with Gasteiger partial charge in [-0.1, -0.05) is 36.4 Å². The van der Waals surface area contributed by atoms with Gasteiger partial charge >= 0.3 is 11.8 Å². The normalized spacial score (nSPS) is 10.5. The summed E-state index contributed by atoms with van der Waals surface area (Å²) >= 11 is 1.49. The summed E-state index contributed by atoms with van der Waals surface area (Å²) in [7, 11) is 0. The number of nitrogens with one attached hydrogen (secondary N) is 2. The van der Waals surface area contributed by atoms with Crippen molar-refractivity contribution in [2.45, 2.75) is 6.42 Å². The minimum absolute atomic E-state index is 0.408. The largest absolute Gasteiger partial charge is 0.347 e. The predicted molar refractivity (Wildman–Crippen MR) is 83.2 cm³/mol. The third-order valence-corrected chi connectivity index (χ3v) is 3.46. The van der Waals surface area contributed by atoms with Crippen molar-refractivity contribution in [3.8, 4) is 0 Å². The topological polar surface area (TPSA) is 70.6 Å². The van der Waals surface area contributed by atoms with Gasteiger partial charge in [-0.15, -0.1) is 11.3 Å². The van der Waals surface area contributed by atoms with E-state index in [0.717, 1.165) is 10.4 Å². The average molecular weight is 301 g/mol. The summed E-state index contributed by atoms with van der Waals surface area (Å²) in [5, 5.41) is 8.18. The molecule has 1 aromatic heterocycles. The molecule has 0 radical (unpaired) electrons. The van der Waals surface area contributed by atoms with Gasteiger partial charge in [0.25, 0.3) is 0 Å². The highest BCUT2D eigenvalue weighted by Gasteiger charge is 2.11. The molecule has 2 amide bonds. The van der Waals surface area contributed by atoms with Crippen LogP contribution in [0.4, 0.5) is 0 Å². The van der Waals surface area contributed by atoms with Crippen LogP contribution >= 0.6 is 11.3 Å². The van der Waals surface area contributed by atoms with E-state index in [0.29, 0.717) is 13.0 Å². The Labute approximate surface area is 126 Å². The van der Waals surface area contributed by atoms with Gasteiger partial charge in [0.1, 0.15) is 0 Å². The van der Waals surface area contributed by atoms with Crippen LogP contribution in [-0.4, -0.2) is 24.6 Å². The fourth-order valence-corrected chi connectivity index (χ4v) is 2.20. The van der Waals surface area contributed by atoms with Gasteiger partial charge in [0.05, 0.1) is 6.21 Å². The van der Waals surface area contributed by atoms with Crippen molar-refractivity contribution in [1.82, 2.24) is 10.7 Å². The molecule has 0 saturated heterocycles. The van der Waals surface area contributed by atoms with E-state index in [-0.39, 0.29) is 0 Å². The van der Waals surface area contributed by atoms with Crippen molar-refractivity contribution >= 4 is 29.4 Å². The molecule has 21 heavy (non-hydrogen) atoms. The molecule has 5 nitrogen and oxygen atoms in total. The highest BCUT2D eigenvalue weighted by Crippen LogP contribution is 2.04. The number of carbonyl (C=O) groups is 2. The Bertz CT molecular complexity index is 609. The molecule has 2 N–H and O–H groups in total. The first-order valence-electron chi connectivity index (χ1n) is 6.44. The van der Waals surface area contributed by atoms with Crippen LogP contribution in [0.2, 0.25) is 0 Å². The summed E-state index contributed by atoms with van der Waals surface area (Å²) in [5.74, 6) is -1.45. The quantitative estimate of drug-likeness (QED) is 0.500. The SMILES string of the molecule is O=C(NCCc1ccccc1)C(=O)NN=Cc1cccs1. The molecule has 2 rings (SSSR count). The first-order valence-corrected chi connectivity index (χ1v) is 7.32. The molecule has 1 aromatic carbocycles. The molecule has 0 saturated carbocycles. The van der Waals surface area contributed by atoms with Crippen LogP contribution in [0.3, 0.4) is 0 Å². The molecule has 0 aliphatic rings. The van der Waals surface area contributed by atoms with Gasteiger partial charge in [0, 0.05) is 11.4 Å². The van der Waals surface area contributed by atoms with E-state index in [9.17, 15) is 9.59 Å². The summed E-state index contributed by atoms with van der Waals surface area (Å²) in [6.07, 6.45) is 2.18. The lowest BCUT2D eigenvalue weighted by atomic mass is 10.1. The summed E-state index contributed by atoms with van der Waals surface area (Å²) in [6.45, 7) is 0.408. The molecule has 0 aliphatic carbocycles. The molecular formula is C15H15N3O2S. The lowest BCUT2D eigenvalue weighted by Gasteiger charge is -2.03. The molecule has 1 heterocycles. The van der Waals surface area contributed by atoms with Crippen LogP contribution in [0.5, 0.6) is 0 Å². The smallest absolute Gasteiger partial charge is 0.329 e. The molecule has 0 bridgehead atoms. The van der Waals surface area contributed by atoms with Crippen molar-refractivity contribution in [2.75, 3.05) is 6.54 Å². The minimum Gasteiger partial charge on any atom is -0.347 e. The van der Waals surface area contributed by atoms with E-state index in [4.69, 9.17) is 0 Å². The number of hydrogen-bond acceptors (Lipinski definition) is 4. The summed E-state index contributed by atoms with van der Waals surface area (Å²) < 4.78 is 0. The van der Waals surface area contributed by atoms with Gasteiger partial charge in [-0.3, -0.25) is 9.59 Å². The van der Waals surface area contributed by atoms with Crippen LogP contribution < -0.4 is 10.7 Å². The van der Waals surface area contributed by atoms with Crippen molar-refractivity contribution in [2.24, 2.45) is 5.10 Å². The van der Waals surface area contributed by atoms with E-state index < -0.39 is 11.8 Å². The van der Waals surface area contributed by atoms with Crippen molar-refractivity contribution < 1.29 is 9.59 Å². The van der Waals surface area contributed by atoms with Gasteiger partial charge in [0.15, 0.2) is 0 Å². The highest BCUT2D eigenvalue weighted by atomic mass is 32.1. The zero-order valence-corrected chi connectivity index (χ0v) is 12.1. The molecule has 2 aromatic rings. The Morgan fingerprint density at radius 1 is 1.10 bits per heavy atom. The Kier molecular flexibility index (Phi) is 5.66. The predicted octanol–water partition coefficient (Wildman–Crippen LogP) is 1.56. The fraction of sp³-hybridized carbons (Fsp3) is 0.133. The lowest BCUT2D eigenvalue weighted by molar-refractivity contribution is -0.139. The van der Waals surface area contributed by atoms with Gasteiger partial charge in [-0.25, -0.2) is 5.43 Å². The zero-order valence-electron chi connectivity index (χ0n) is 11.3. The number of hydrazone groups is 1. The number of thiophene rings is 1. The van der Waals surface area contributed by atoms with E-state index in [1.54, 1.807) is 0 Å². The Morgan fingerprint density at radius 3 is 2.62 bits per heavy atom. The average Bonchev–Trinajstić information content (AvgIpc) is 3.01. The molecular weight excluding hydrogens is 286 g/mol. The first kappa shape index (κ1) is 14.9. The number of benzene rings is 1. The van der Waals surface area contributed by atoms with Gasteiger partial charge in [-0.2, -0.15) is 5.10 Å². The number of nitrogens with zero attached hydrogens (tertiary/aromatic N) is 1. The maximum atomic E-state index is 11.5. The Morgan fingerprint density at radius 2 is 1.90 bits per heavy atom. The van der Waals surface area contributed by atoms with Crippen molar-refractivity contribution in [3.63, 3.8) is 0 Å². The lowest BCUT2D eigenvalue weighted by Crippen LogP contribution is -2.38. The van der Waals surface area contributed by atoms with E-state index in [2.05, 4.69) is 15.8 Å². The van der Waals surface area contributed by atoms with Gasteiger partial charge in [-0.05, 0) is 23.4 Å².